The van der Waals surface area contributed by atoms with Crippen molar-refractivity contribution < 1.29 is 22.8 Å². The maximum atomic E-state index is 12.8. The first-order chi connectivity index (χ1) is 12.9. The number of carbonyl (C=O) groups is 3. The van der Waals surface area contributed by atoms with Crippen LogP contribution < -0.4 is 5.32 Å². The molecule has 0 spiro atoms. The summed E-state index contributed by atoms with van der Waals surface area (Å²) >= 11 is 1.10. The highest BCUT2D eigenvalue weighted by molar-refractivity contribution is 7.89. The first-order valence-electron chi connectivity index (χ1n) is 9.10. The molecule has 10 heteroatoms. The molecule has 3 amide bonds. The van der Waals surface area contributed by atoms with Gasteiger partial charge in [0.2, 0.25) is 21.8 Å². The third-order valence-electron chi connectivity index (χ3n) is 4.77. The number of imide groups is 1. The van der Waals surface area contributed by atoms with Crippen molar-refractivity contribution in [3.8, 4) is 0 Å². The minimum Gasteiger partial charge on any atom is -0.351 e. The number of sulfonamides is 1. The summed E-state index contributed by atoms with van der Waals surface area (Å²) in [5.74, 6) is -0.807. The molecule has 1 N–H and O–H groups in total. The lowest BCUT2D eigenvalue weighted by Crippen LogP contribution is -2.37. The molecule has 2 aliphatic heterocycles. The zero-order valence-electron chi connectivity index (χ0n) is 15.0. The van der Waals surface area contributed by atoms with Crippen LogP contribution in [-0.4, -0.2) is 61.5 Å². The van der Waals surface area contributed by atoms with E-state index in [0.29, 0.717) is 19.5 Å². The molecule has 1 aromatic heterocycles. The van der Waals surface area contributed by atoms with Gasteiger partial charge in [0.1, 0.15) is 9.77 Å². The molecule has 0 aliphatic carbocycles. The molecule has 0 bridgehead atoms. The Morgan fingerprint density at radius 1 is 1.11 bits per heavy atom. The number of rotatable bonds is 7. The van der Waals surface area contributed by atoms with Crippen LogP contribution in [0.1, 0.15) is 48.2 Å². The minimum absolute atomic E-state index is 0.0526. The normalized spacial score (nSPS) is 18.9. The lowest BCUT2D eigenvalue weighted by Gasteiger charge is -2.25. The molecule has 3 heterocycles. The van der Waals surface area contributed by atoms with Crippen LogP contribution in [0.15, 0.2) is 16.3 Å². The molecule has 0 aromatic carbocycles. The lowest BCUT2D eigenvalue weighted by atomic mass is 10.2. The minimum atomic E-state index is -3.67. The average molecular weight is 414 g/mol. The standard InChI is InChI=1S/C17H23N3O5S2/c21-14-5-6-15(22)20(14)11-4-8-18-17(23)16-13(7-12-26-16)27(24,25)19-9-2-1-3-10-19/h7,12H,1-6,8-11H2,(H,18,23). The second-order valence-electron chi connectivity index (χ2n) is 6.63. The summed E-state index contributed by atoms with van der Waals surface area (Å²) < 4.78 is 27.1. The van der Waals surface area contributed by atoms with Crippen LogP contribution in [-0.2, 0) is 19.6 Å². The fraction of sp³-hybridized carbons (Fsp3) is 0.588. The average Bonchev–Trinajstić information content (AvgIpc) is 3.28. The number of likely N-dealkylation sites (tertiary alicyclic amines) is 1. The number of nitrogens with zero attached hydrogens (tertiary/aromatic N) is 2. The fourth-order valence-corrected chi connectivity index (χ4v) is 6.14. The highest BCUT2D eigenvalue weighted by Crippen LogP contribution is 2.27. The maximum Gasteiger partial charge on any atom is 0.262 e. The Bertz CT molecular complexity index is 811. The number of nitrogens with one attached hydrogen (secondary N) is 1. The van der Waals surface area contributed by atoms with E-state index < -0.39 is 15.9 Å². The van der Waals surface area contributed by atoms with Crippen molar-refractivity contribution in [2.45, 2.75) is 43.4 Å². The van der Waals surface area contributed by atoms with Crippen LogP contribution in [0, 0.1) is 0 Å². The van der Waals surface area contributed by atoms with Crippen LogP contribution in [0.2, 0.25) is 0 Å². The second kappa shape index (κ2) is 8.49. The van der Waals surface area contributed by atoms with Crippen molar-refractivity contribution in [2.75, 3.05) is 26.2 Å². The summed E-state index contributed by atoms with van der Waals surface area (Å²) in [6.07, 6.45) is 3.61. The number of amides is 3. The molecule has 0 saturated carbocycles. The Kier molecular flexibility index (Phi) is 6.28. The molecule has 148 valence electrons. The first-order valence-corrected chi connectivity index (χ1v) is 11.4. The SMILES string of the molecule is O=C(NCCCN1C(=O)CCC1=O)c1sccc1S(=O)(=O)N1CCCCC1. The Morgan fingerprint density at radius 2 is 1.78 bits per heavy atom. The highest BCUT2D eigenvalue weighted by atomic mass is 32.2. The van der Waals surface area contributed by atoms with Gasteiger partial charge in [-0.1, -0.05) is 6.42 Å². The van der Waals surface area contributed by atoms with Crippen molar-refractivity contribution in [1.82, 2.24) is 14.5 Å². The molecular formula is C17H23N3O5S2. The number of hydrogen-bond donors (Lipinski definition) is 1. The van der Waals surface area contributed by atoms with E-state index in [4.69, 9.17) is 0 Å². The van der Waals surface area contributed by atoms with Crippen molar-refractivity contribution in [1.29, 1.82) is 0 Å². The smallest absolute Gasteiger partial charge is 0.262 e. The third kappa shape index (κ3) is 4.39. The van der Waals surface area contributed by atoms with Gasteiger partial charge in [0, 0.05) is 39.0 Å². The van der Waals surface area contributed by atoms with Crippen molar-refractivity contribution in [3.05, 3.63) is 16.3 Å². The molecule has 0 unspecified atom stereocenters. The van der Waals surface area contributed by atoms with Gasteiger partial charge in [0.05, 0.1) is 0 Å². The number of carbonyl (C=O) groups excluding carboxylic acids is 3. The molecule has 2 fully saturated rings. The fourth-order valence-electron chi connectivity index (χ4n) is 3.30. The van der Waals surface area contributed by atoms with Crippen LogP contribution in [0.3, 0.4) is 0 Å². The summed E-state index contributed by atoms with van der Waals surface area (Å²) in [6, 6.07) is 1.48. The molecule has 27 heavy (non-hydrogen) atoms. The van der Waals surface area contributed by atoms with Crippen LogP contribution in [0.5, 0.6) is 0 Å². The van der Waals surface area contributed by atoms with Gasteiger partial charge in [-0.3, -0.25) is 19.3 Å². The Morgan fingerprint density at radius 3 is 2.44 bits per heavy atom. The van der Waals surface area contributed by atoms with E-state index in [1.54, 1.807) is 5.38 Å². The molecule has 0 radical (unpaired) electrons. The summed E-state index contributed by atoms with van der Waals surface area (Å²) in [5.41, 5.74) is 0. The molecule has 8 nitrogen and oxygen atoms in total. The first kappa shape index (κ1) is 20.0. The largest absolute Gasteiger partial charge is 0.351 e. The molecule has 2 saturated heterocycles. The summed E-state index contributed by atoms with van der Waals surface area (Å²) in [6.45, 7) is 1.49. The predicted octanol–water partition coefficient (Wildman–Crippen LogP) is 1.19. The zero-order valence-corrected chi connectivity index (χ0v) is 16.6. The van der Waals surface area contributed by atoms with E-state index in [2.05, 4.69) is 5.32 Å². The van der Waals surface area contributed by atoms with Crippen molar-refractivity contribution in [2.24, 2.45) is 0 Å². The Balaban J connectivity index is 1.57. The van der Waals surface area contributed by atoms with E-state index in [9.17, 15) is 22.8 Å². The topological polar surface area (TPSA) is 104 Å². The van der Waals surface area contributed by atoms with E-state index in [0.717, 1.165) is 30.6 Å². The quantitative estimate of drug-likeness (QED) is 0.534. The van der Waals surface area contributed by atoms with E-state index in [-0.39, 0.29) is 47.5 Å². The van der Waals surface area contributed by atoms with E-state index in [1.165, 1.54) is 15.3 Å². The van der Waals surface area contributed by atoms with Crippen LogP contribution >= 0.6 is 11.3 Å². The zero-order chi connectivity index (χ0) is 19.4. The van der Waals surface area contributed by atoms with E-state index in [1.807, 2.05) is 0 Å². The molecule has 1 aromatic rings. The third-order valence-corrected chi connectivity index (χ3v) is 7.75. The van der Waals surface area contributed by atoms with Crippen molar-refractivity contribution in [3.63, 3.8) is 0 Å². The lowest BCUT2D eigenvalue weighted by molar-refractivity contribution is -0.138. The van der Waals surface area contributed by atoms with Gasteiger partial charge >= 0.3 is 0 Å². The Hall–Kier alpha value is -1.78. The summed E-state index contributed by atoms with van der Waals surface area (Å²) in [5, 5.41) is 4.30. The molecule has 3 rings (SSSR count). The van der Waals surface area contributed by atoms with Gasteiger partial charge in [0.25, 0.3) is 5.91 Å². The number of thiophene rings is 1. The van der Waals surface area contributed by atoms with Crippen LogP contribution in [0.25, 0.3) is 0 Å². The van der Waals surface area contributed by atoms with Gasteiger partial charge in [-0.05, 0) is 30.7 Å². The summed E-state index contributed by atoms with van der Waals surface area (Å²) in [7, 11) is -3.67. The predicted molar refractivity (Wildman–Crippen MR) is 99.8 cm³/mol. The van der Waals surface area contributed by atoms with Gasteiger partial charge in [-0.15, -0.1) is 11.3 Å². The molecule has 0 atom stereocenters. The van der Waals surface area contributed by atoms with Crippen molar-refractivity contribution >= 4 is 39.1 Å². The molecule has 2 aliphatic rings. The summed E-state index contributed by atoms with van der Waals surface area (Å²) in [4.78, 5) is 37.0. The monoisotopic (exact) mass is 413 g/mol. The van der Waals surface area contributed by atoms with Gasteiger partial charge in [-0.2, -0.15) is 4.31 Å². The maximum absolute atomic E-state index is 12.8. The van der Waals surface area contributed by atoms with Gasteiger partial charge in [0.15, 0.2) is 0 Å². The van der Waals surface area contributed by atoms with Gasteiger partial charge in [-0.25, -0.2) is 8.42 Å². The van der Waals surface area contributed by atoms with Crippen LogP contribution in [0.4, 0.5) is 0 Å². The van der Waals surface area contributed by atoms with Gasteiger partial charge < -0.3 is 5.32 Å². The number of piperidine rings is 1. The number of hydrogen-bond acceptors (Lipinski definition) is 6. The van der Waals surface area contributed by atoms with E-state index >= 15 is 0 Å². The second-order valence-corrected chi connectivity index (χ2v) is 9.45. The molecular weight excluding hydrogens is 390 g/mol. The highest BCUT2D eigenvalue weighted by Gasteiger charge is 2.31. The Labute approximate surface area is 162 Å².